The summed E-state index contributed by atoms with van der Waals surface area (Å²) in [6.45, 7) is 1.01. The molecule has 0 aliphatic heterocycles. The normalized spacial score (nSPS) is 10.1. The smallest absolute Gasteiger partial charge is 0.340 e. The van der Waals surface area contributed by atoms with Gasteiger partial charge in [0.25, 0.3) is 0 Å². The summed E-state index contributed by atoms with van der Waals surface area (Å²) in [5.41, 5.74) is 1.18. The van der Waals surface area contributed by atoms with Crippen molar-refractivity contribution in [2.24, 2.45) is 0 Å². The molecule has 0 spiro atoms. The number of benzene rings is 2. The molecule has 116 valence electrons. The summed E-state index contributed by atoms with van der Waals surface area (Å²) >= 11 is 9.15. The van der Waals surface area contributed by atoms with Crippen LogP contribution in [0.5, 0.6) is 5.75 Å². The van der Waals surface area contributed by atoms with E-state index < -0.39 is 0 Å². The van der Waals surface area contributed by atoms with Crippen molar-refractivity contribution < 1.29 is 14.3 Å². The number of hydrogen-bond acceptors (Lipinski definition) is 4. The number of halogens is 2. The minimum atomic E-state index is -0.387. The van der Waals surface area contributed by atoms with E-state index >= 15 is 0 Å². The van der Waals surface area contributed by atoms with E-state index in [1.165, 1.54) is 7.11 Å². The average Bonchev–Trinajstić information content (AvgIpc) is 2.53. The predicted octanol–water partition coefficient (Wildman–Crippen LogP) is 4.38. The Morgan fingerprint density at radius 3 is 2.64 bits per heavy atom. The number of carbonyl (C=O) groups is 1. The van der Waals surface area contributed by atoms with Gasteiger partial charge in [0.1, 0.15) is 12.4 Å². The number of hydrogen-bond donors (Lipinski definition) is 1. The molecule has 0 aromatic heterocycles. The standard InChI is InChI=1S/C16H15BrClNO3/c1-21-16(20)14-10-11(17)2-7-15(14)19-8-9-22-13-5-3-12(18)4-6-13/h2-7,10,19H,8-9H2,1H3. The Morgan fingerprint density at radius 1 is 1.23 bits per heavy atom. The van der Waals surface area contributed by atoms with Crippen LogP contribution in [0.2, 0.25) is 5.02 Å². The second-order valence-corrected chi connectivity index (χ2v) is 5.76. The molecule has 2 aromatic rings. The predicted molar refractivity (Wildman–Crippen MR) is 90.9 cm³/mol. The second kappa shape index (κ2) is 8.06. The third-order valence-electron chi connectivity index (χ3n) is 2.89. The number of carbonyl (C=O) groups excluding carboxylic acids is 1. The molecule has 0 aliphatic rings. The van der Waals surface area contributed by atoms with Crippen LogP contribution >= 0.6 is 27.5 Å². The fourth-order valence-corrected chi connectivity index (χ4v) is 2.32. The molecule has 2 rings (SSSR count). The minimum Gasteiger partial charge on any atom is -0.492 e. The quantitative estimate of drug-likeness (QED) is 0.593. The van der Waals surface area contributed by atoms with Crippen molar-refractivity contribution in [3.8, 4) is 5.75 Å². The van der Waals surface area contributed by atoms with E-state index in [0.29, 0.717) is 29.4 Å². The van der Waals surface area contributed by atoms with Crippen LogP contribution in [0.1, 0.15) is 10.4 Å². The molecule has 6 heteroatoms. The largest absolute Gasteiger partial charge is 0.492 e. The van der Waals surface area contributed by atoms with Gasteiger partial charge >= 0.3 is 5.97 Å². The Balaban J connectivity index is 1.91. The van der Waals surface area contributed by atoms with E-state index in [4.69, 9.17) is 21.1 Å². The van der Waals surface area contributed by atoms with E-state index in [2.05, 4.69) is 21.2 Å². The van der Waals surface area contributed by atoms with Crippen molar-refractivity contribution in [1.29, 1.82) is 0 Å². The van der Waals surface area contributed by atoms with Crippen LogP contribution in [0.3, 0.4) is 0 Å². The van der Waals surface area contributed by atoms with Crippen LogP contribution in [0.15, 0.2) is 46.9 Å². The lowest BCUT2D eigenvalue weighted by Gasteiger charge is -2.12. The molecule has 22 heavy (non-hydrogen) atoms. The lowest BCUT2D eigenvalue weighted by molar-refractivity contribution is 0.0601. The first-order valence-electron chi connectivity index (χ1n) is 6.60. The molecule has 0 bridgehead atoms. The fraction of sp³-hybridized carbons (Fsp3) is 0.188. The summed E-state index contributed by atoms with van der Waals surface area (Å²) < 4.78 is 11.2. The minimum absolute atomic E-state index is 0.387. The van der Waals surface area contributed by atoms with Crippen LogP contribution in [0.25, 0.3) is 0 Å². The van der Waals surface area contributed by atoms with Gasteiger partial charge in [-0.15, -0.1) is 0 Å². The van der Waals surface area contributed by atoms with Crippen LogP contribution in [0, 0.1) is 0 Å². The van der Waals surface area contributed by atoms with Crippen LogP contribution in [-0.2, 0) is 4.74 Å². The lowest BCUT2D eigenvalue weighted by atomic mass is 10.2. The molecule has 0 fully saturated rings. The summed E-state index contributed by atoms with van der Waals surface area (Å²) in [5.74, 6) is 0.359. The maximum atomic E-state index is 11.7. The molecule has 0 unspecified atom stereocenters. The van der Waals surface area contributed by atoms with Gasteiger partial charge < -0.3 is 14.8 Å². The molecule has 0 radical (unpaired) electrons. The van der Waals surface area contributed by atoms with Crippen molar-refractivity contribution >= 4 is 39.2 Å². The first-order valence-corrected chi connectivity index (χ1v) is 7.77. The Morgan fingerprint density at radius 2 is 1.95 bits per heavy atom. The van der Waals surface area contributed by atoms with Gasteiger partial charge in [0.15, 0.2) is 0 Å². The highest BCUT2D eigenvalue weighted by Crippen LogP contribution is 2.22. The molecule has 0 aliphatic carbocycles. The first kappa shape index (κ1) is 16.6. The molecule has 0 atom stereocenters. The monoisotopic (exact) mass is 383 g/mol. The average molecular weight is 385 g/mol. The number of nitrogens with one attached hydrogen (secondary N) is 1. The van der Waals surface area contributed by atoms with Crippen LogP contribution in [-0.4, -0.2) is 26.2 Å². The van der Waals surface area contributed by atoms with E-state index in [1.54, 1.807) is 18.2 Å². The highest BCUT2D eigenvalue weighted by molar-refractivity contribution is 9.10. The van der Waals surface area contributed by atoms with Gasteiger partial charge in [-0.2, -0.15) is 0 Å². The number of anilines is 1. The summed E-state index contributed by atoms with van der Waals surface area (Å²) in [7, 11) is 1.36. The molecule has 4 nitrogen and oxygen atoms in total. The van der Waals surface area contributed by atoms with E-state index in [0.717, 1.165) is 10.2 Å². The van der Waals surface area contributed by atoms with Gasteiger partial charge in [0, 0.05) is 21.7 Å². The zero-order chi connectivity index (χ0) is 15.9. The molecule has 0 saturated heterocycles. The number of esters is 1. The molecule has 0 amide bonds. The highest BCUT2D eigenvalue weighted by atomic mass is 79.9. The third-order valence-corrected chi connectivity index (χ3v) is 3.63. The Labute approximate surface area is 142 Å². The fourth-order valence-electron chi connectivity index (χ4n) is 1.83. The van der Waals surface area contributed by atoms with Crippen LogP contribution < -0.4 is 10.1 Å². The molecular formula is C16H15BrClNO3. The third kappa shape index (κ3) is 4.64. The van der Waals surface area contributed by atoms with Crippen LogP contribution in [0.4, 0.5) is 5.69 Å². The van der Waals surface area contributed by atoms with E-state index in [-0.39, 0.29) is 5.97 Å². The zero-order valence-corrected chi connectivity index (χ0v) is 14.3. The Kier molecular flexibility index (Phi) is 6.10. The molecule has 0 heterocycles. The maximum absolute atomic E-state index is 11.7. The van der Waals surface area contributed by atoms with E-state index in [9.17, 15) is 4.79 Å². The molecule has 1 N–H and O–H groups in total. The zero-order valence-electron chi connectivity index (χ0n) is 11.9. The van der Waals surface area contributed by atoms with Crippen molar-refractivity contribution in [2.45, 2.75) is 0 Å². The molecule has 0 saturated carbocycles. The van der Waals surface area contributed by atoms with Gasteiger partial charge in [0.2, 0.25) is 0 Å². The molecule has 2 aromatic carbocycles. The van der Waals surface area contributed by atoms with Gasteiger partial charge in [-0.25, -0.2) is 4.79 Å². The van der Waals surface area contributed by atoms with Crippen molar-refractivity contribution in [3.63, 3.8) is 0 Å². The molecular weight excluding hydrogens is 370 g/mol. The van der Waals surface area contributed by atoms with Crippen molar-refractivity contribution in [1.82, 2.24) is 0 Å². The van der Waals surface area contributed by atoms with Gasteiger partial charge in [-0.1, -0.05) is 27.5 Å². The van der Waals surface area contributed by atoms with E-state index in [1.807, 2.05) is 24.3 Å². The second-order valence-electron chi connectivity index (χ2n) is 4.41. The topological polar surface area (TPSA) is 47.6 Å². The Bertz CT molecular complexity index is 646. The highest BCUT2D eigenvalue weighted by Gasteiger charge is 2.12. The van der Waals surface area contributed by atoms with Crippen molar-refractivity contribution in [3.05, 3.63) is 57.5 Å². The first-order chi connectivity index (χ1) is 10.6. The SMILES string of the molecule is COC(=O)c1cc(Br)ccc1NCCOc1ccc(Cl)cc1. The van der Waals surface area contributed by atoms with Gasteiger partial charge in [-0.3, -0.25) is 0 Å². The summed E-state index contributed by atoms with van der Waals surface area (Å²) in [4.78, 5) is 11.7. The summed E-state index contributed by atoms with van der Waals surface area (Å²) in [6.07, 6.45) is 0. The number of rotatable bonds is 6. The summed E-state index contributed by atoms with van der Waals surface area (Å²) in [6, 6.07) is 12.5. The van der Waals surface area contributed by atoms with Gasteiger partial charge in [0.05, 0.1) is 12.7 Å². The maximum Gasteiger partial charge on any atom is 0.340 e. The van der Waals surface area contributed by atoms with Crippen molar-refractivity contribution in [2.75, 3.05) is 25.6 Å². The van der Waals surface area contributed by atoms with Gasteiger partial charge in [-0.05, 0) is 42.5 Å². The number of methoxy groups -OCH3 is 1. The number of ether oxygens (including phenoxy) is 2. The lowest BCUT2D eigenvalue weighted by Crippen LogP contribution is -2.14. The Hall–Kier alpha value is -1.72. The summed E-state index contributed by atoms with van der Waals surface area (Å²) in [5, 5.41) is 3.83.